The Morgan fingerprint density at radius 3 is 2.66 bits per heavy atom. The lowest BCUT2D eigenvalue weighted by atomic mass is 9.97. The van der Waals surface area contributed by atoms with Crippen LogP contribution in [0.1, 0.15) is 31.7 Å². The minimum atomic E-state index is -2.49. The molecule has 1 aliphatic carbocycles. The van der Waals surface area contributed by atoms with Crippen LogP contribution >= 0.6 is 0 Å². The third-order valence-electron chi connectivity index (χ3n) is 5.82. The number of hydrogen-bond donors (Lipinski definition) is 2. The van der Waals surface area contributed by atoms with Crippen molar-refractivity contribution in [1.82, 2.24) is 9.55 Å². The van der Waals surface area contributed by atoms with Gasteiger partial charge in [-0.1, -0.05) is 0 Å². The van der Waals surface area contributed by atoms with Crippen molar-refractivity contribution in [3.8, 4) is 5.75 Å². The second-order valence-corrected chi connectivity index (χ2v) is 7.78. The summed E-state index contributed by atoms with van der Waals surface area (Å²) in [6.45, 7) is 0.709. The van der Waals surface area contributed by atoms with Crippen molar-refractivity contribution in [2.24, 2.45) is 11.7 Å². The zero-order valence-corrected chi connectivity index (χ0v) is 16.0. The third kappa shape index (κ3) is 3.50. The maximum Gasteiger partial charge on any atom is 0.329 e. The van der Waals surface area contributed by atoms with E-state index in [4.69, 9.17) is 10.5 Å². The van der Waals surface area contributed by atoms with E-state index in [1.165, 1.54) is 11.7 Å². The zero-order chi connectivity index (χ0) is 20.9. The molecule has 0 radical (unpaired) electrons. The summed E-state index contributed by atoms with van der Waals surface area (Å²) in [5.41, 5.74) is 5.07. The number of alkyl halides is 2. The van der Waals surface area contributed by atoms with Crippen LogP contribution in [0.2, 0.25) is 0 Å². The number of aromatic amines is 1. The highest BCUT2D eigenvalue weighted by atomic mass is 19.3. The van der Waals surface area contributed by atoms with E-state index in [0.29, 0.717) is 19.5 Å². The number of nitrogens with two attached hydrogens (primary N) is 1. The van der Waals surface area contributed by atoms with Gasteiger partial charge in [-0.05, 0) is 31.2 Å². The fourth-order valence-corrected chi connectivity index (χ4v) is 4.25. The maximum absolute atomic E-state index is 15.1. The van der Waals surface area contributed by atoms with Gasteiger partial charge < -0.3 is 15.4 Å². The summed E-state index contributed by atoms with van der Waals surface area (Å²) in [6, 6.07) is 0.346. The molecule has 158 valence electrons. The smallest absolute Gasteiger partial charge is 0.329 e. The van der Waals surface area contributed by atoms with Crippen LogP contribution in [-0.2, 0) is 0 Å². The lowest BCUT2D eigenvalue weighted by molar-refractivity contribution is 0.120. The van der Waals surface area contributed by atoms with Gasteiger partial charge in [-0.15, -0.1) is 0 Å². The molecule has 0 amide bonds. The van der Waals surface area contributed by atoms with Gasteiger partial charge in [-0.3, -0.25) is 14.3 Å². The molecule has 4 rings (SSSR count). The quantitative estimate of drug-likeness (QED) is 0.757. The predicted molar refractivity (Wildman–Crippen MR) is 103 cm³/mol. The first kappa shape index (κ1) is 19.8. The van der Waals surface area contributed by atoms with Crippen LogP contribution in [0.15, 0.2) is 15.7 Å². The summed E-state index contributed by atoms with van der Waals surface area (Å²) in [6.07, 6.45) is -0.798. The topological polar surface area (TPSA) is 93.3 Å². The summed E-state index contributed by atoms with van der Waals surface area (Å²) in [5, 5.41) is 0.0414. The number of hydrogen-bond acceptors (Lipinski definition) is 5. The Labute approximate surface area is 164 Å². The Kier molecular flexibility index (Phi) is 5.05. The van der Waals surface area contributed by atoms with E-state index >= 15 is 4.39 Å². The van der Waals surface area contributed by atoms with Crippen molar-refractivity contribution >= 4 is 16.6 Å². The molecule has 1 saturated carbocycles. The molecule has 2 unspecified atom stereocenters. The van der Waals surface area contributed by atoms with Gasteiger partial charge in [0.2, 0.25) is 6.43 Å². The first-order valence-electron chi connectivity index (χ1n) is 9.65. The summed E-state index contributed by atoms with van der Waals surface area (Å²) in [4.78, 5) is 28.7. The monoisotopic (exact) mass is 412 g/mol. The maximum atomic E-state index is 15.1. The summed E-state index contributed by atoms with van der Waals surface area (Å²) >= 11 is 0. The normalized spacial score (nSPS) is 20.6. The molecule has 2 aliphatic rings. The number of nitrogens with one attached hydrogen (secondary N) is 1. The van der Waals surface area contributed by atoms with E-state index in [9.17, 15) is 18.4 Å². The summed E-state index contributed by atoms with van der Waals surface area (Å²) in [5.74, 6) is -0.768. The predicted octanol–water partition coefficient (Wildman–Crippen LogP) is 1.98. The lowest BCUT2D eigenvalue weighted by Crippen LogP contribution is -2.34. The SMILES string of the molecule is COc1c(N2CCC(C(N)CC(F)F)C2)c(F)cc2c(=O)[nH]c(=O)n(C3CC3)c12. The van der Waals surface area contributed by atoms with E-state index in [-0.39, 0.29) is 34.3 Å². The highest BCUT2D eigenvalue weighted by Gasteiger charge is 2.35. The second-order valence-electron chi connectivity index (χ2n) is 7.78. The number of aromatic nitrogens is 2. The number of rotatable bonds is 6. The minimum Gasteiger partial charge on any atom is -0.492 e. The van der Waals surface area contributed by atoms with Crippen LogP contribution in [0, 0.1) is 11.7 Å². The molecular weight excluding hydrogens is 389 g/mol. The van der Waals surface area contributed by atoms with Crippen LogP contribution in [0.3, 0.4) is 0 Å². The Balaban J connectivity index is 1.82. The molecular formula is C19H23F3N4O3. The van der Waals surface area contributed by atoms with E-state index in [1.54, 1.807) is 4.90 Å². The van der Waals surface area contributed by atoms with Crippen LogP contribution < -0.4 is 26.6 Å². The molecule has 2 fully saturated rings. The van der Waals surface area contributed by atoms with Gasteiger partial charge in [0.25, 0.3) is 5.56 Å². The van der Waals surface area contributed by atoms with Gasteiger partial charge in [0, 0.05) is 31.6 Å². The fourth-order valence-electron chi connectivity index (χ4n) is 4.25. The van der Waals surface area contributed by atoms with Crippen LogP contribution in [0.5, 0.6) is 5.75 Å². The van der Waals surface area contributed by atoms with Crippen molar-refractivity contribution in [2.45, 2.75) is 44.2 Å². The first-order chi connectivity index (χ1) is 13.8. The van der Waals surface area contributed by atoms with Crippen molar-refractivity contribution in [1.29, 1.82) is 0 Å². The zero-order valence-electron chi connectivity index (χ0n) is 16.0. The average Bonchev–Trinajstić information content (AvgIpc) is 3.36. The molecule has 1 aromatic carbocycles. The average molecular weight is 412 g/mol. The Bertz CT molecular complexity index is 1050. The number of anilines is 1. The fraction of sp³-hybridized carbons (Fsp3) is 0.579. The van der Waals surface area contributed by atoms with Crippen molar-refractivity contribution in [3.05, 3.63) is 32.7 Å². The molecule has 1 aliphatic heterocycles. The van der Waals surface area contributed by atoms with Gasteiger partial charge in [0.1, 0.15) is 11.2 Å². The van der Waals surface area contributed by atoms with Crippen LogP contribution in [0.4, 0.5) is 18.9 Å². The number of nitrogens with zero attached hydrogens (tertiary/aromatic N) is 2. The number of fused-ring (bicyclic) bond motifs is 1. The molecule has 29 heavy (non-hydrogen) atoms. The lowest BCUT2D eigenvalue weighted by Gasteiger charge is -2.25. The van der Waals surface area contributed by atoms with E-state index < -0.39 is 36.0 Å². The number of H-pyrrole nitrogens is 1. The molecule has 1 saturated heterocycles. The van der Waals surface area contributed by atoms with E-state index in [2.05, 4.69) is 4.98 Å². The van der Waals surface area contributed by atoms with Gasteiger partial charge in [0.15, 0.2) is 11.6 Å². The molecule has 1 aromatic heterocycles. The molecule has 0 bridgehead atoms. The van der Waals surface area contributed by atoms with Crippen molar-refractivity contribution < 1.29 is 17.9 Å². The molecule has 2 atom stereocenters. The Hall–Kier alpha value is -2.49. The number of ether oxygens (including phenoxy) is 1. The highest BCUT2D eigenvalue weighted by Crippen LogP contribution is 2.43. The van der Waals surface area contributed by atoms with Gasteiger partial charge in [-0.25, -0.2) is 18.0 Å². The molecule has 7 nitrogen and oxygen atoms in total. The van der Waals surface area contributed by atoms with Gasteiger partial charge in [0.05, 0.1) is 12.5 Å². The Morgan fingerprint density at radius 1 is 1.31 bits per heavy atom. The van der Waals surface area contributed by atoms with Crippen LogP contribution in [0.25, 0.3) is 10.9 Å². The number of benzene rings is 1. The number of methoxy groups -OCH3 is 1. The standard InChI is InChI=1S/C19H23F3N4O3/c1-29-17-15-11(18(27)24-19(28)26(15)10-2-3-10)6-12(20)16(17)25-5-4-9(8-25)13(23)7-14(21)22/h6,9-10,13-14H,2-5,7-8,23H2,1H3,(H,24,27,28). The number of halogens is 3. The van der Waals surface area contributed by atoms with E-state index in [0.717, 1.165) is 18.9 Å². The molecule has 0 spiro atoms. The van der Waals surface area contributed by atoms with Crippen molar-refractivity contribution in [3.63, 3.8) is 0 Å². The highest BCUT2D eigenvalue weighted by molar-refractivity contribution is 5.91. The van der Waals surface area contributed by atoms with Gasteiger partial charge >= 0.3 is 5.69 Å². The largest absolute Gasteiger partial charge is 0.492 e. The second kappa shape index (κ2) is 7.40. The minimum absolute atomic E-state index is 0.0414. The van der Waals surface area contributed by atoms with E-state index in [1.807, 2.05) is 0 Å². The molecule has 10 heteroatoms. The van der Waals surface area contributed by atoms with Crippen molar-refractivity contribution in [2.75, 3.05) is 25.1 Å². The molecule has 3 N–H and O–H groups in total. The first-order valence-corrected chi connectivity index (χ1v) is 9.65. The van der Waals surface area contributed by atoms with Gasteiger partial charge in [-0.2, -0.15) is 0 Å². The molecule has 2 aromatic rings. The molecule has 2 heterocycles. The summed E-state index contributed by atoms with van der Waals surface area (Å²) in [7, 11) is 1.36. The van der Waals surface area contributed by atoms with Crippen LogP contribution in [-0.4, -0.2) is 42.2 Å². The Morgan fingerprint density at radius 2 is 2.03 bits per heavy atom. The summed E-state index contributed by atoms with van der Waals surface area (Å²) < 4.78 is 47.4. The third-order valence-corrected chi connectivity index (χ3v) is 5.82.